The molecule has 2 N–H and O–H groups in total. The van der Waals surface area contributed by atoms with Gasteiger partial charge in [-0.25, -0.2) is 4.98 Å². The number of carbonyl (C=O) groups excluding carboxylic acids is 2. The summed E-state index contributed by atoms with van der Waals surface area (Å²) in [6.45, 7) is 2.12. The second kappa shape index (κ2) is 10.4. The van der Waals surface area contributed by atoms with E-state index in [-0.39, 0.29) is 17.6 Å². The van der Waals surface area contributed by atoms with Gasteiger partial charge in [-0.05, 0) is 36.2 Å². The average molecular weight is 479 g/mol. The number of benzene rings is 2. The molecule has 10 heteroatoms. The van der Waals surface area contributed by atoms with Crippen LogP contribution in [0.5, 0.6) is 0 Å². The summed E-state index contributed by atoms with van der Waals surface area (Å²) in [6.07, 6.45) is 2.57. The highest BCUT2D eigenvalue weighted by molar-refractivity contribution is 7.99. The van der Waals surface area contributed by atoms with E-state index < -0.39 is 0 Å². The Labute approximate surface area is 199 Å². The molecule has 168 valence electrons. The molecule has 0 aliphatic carbocycles. The van der Waals surface area contributed by atoms with Gasteiger partial charge in [0.15, 0.2) is 10.3 Å². The van der Waals surface area contributed by atoms with Crippen LogP contribution in [0, 0.1) is 0 Å². The van der Waals surface area contributed by atoms with Crippen LogP contribution >= 0.6 is 23.1 Å². The zero-order valence-corrected chi connectivity index (χ0v) is 19.7. The topological polar surface area (TPSA) is 102 Å². The third-order valence-electron chi connectivity index (χ3n) is 4.82. The summed E-state index contributed by atoms with van der Waals surface area (Å²) in [6, 6.07) is 15.0. The average Bonchev–Trinajstić information content (AvgIpc) is 3.47. The van der Waals surface area contributed by atoms with Gasteiger partial charge in [0.1, 0.15) is 6.33 Å². The number of thioether (sulfide) groups is 1. The number of amides is 2. The van der Waals surface area contributed by atoms with Crippen molar-refractivity contribution in [3.05, 3.63) is 71.4 Å². The quantitative estimate of drug-likeness (QED) is 0.362. The molecule has 0 bridgehead atoms. The lowest BCUT2D eigenvalue weighted by atomic mass is 10.1. The number of thiazole rings is 1. The Kier molecular flexibility index (Phi) is 7.16. The standard InChI is InChI=1S/C23H22N6O2S2/c1-3-15-4-6-16(7-5-15)19-12-32-22(26-19)27-21(31)17-8-10-18(11-9-17)25-20(30)13-33-23-28-24-14-29(23)2/h4-12,14H,3,13H2,1-2H3,(H,25,30)(H,26,27,31). The lowest BCUT2D eigenvalue weighted by Gasteiger charge is -2.06. The highest BCUT2D eigenvalue weighted by Crippen LogP contribution is 2.26. The molecular formula is C23H22N6O2S2. The first-order valence-corrected chi connectivity index (χ1v) is 12.1. The molecule has 0 atom stereocenters. The minimum atomic E-state index is -0.257. The molecule has 0 unspecified atom stereocenters. The van der Waals surface area contributed by atoms with Crippen LogP contribution in [0.15, 0.2) is 65.4 Å². The molecule has 0 saturated heterocycles. The van der Waals surface area contributed by atoms with E-state index in [9.17, 15) is 9.59 Å². The number of hydrogen-bond donors (Lipinski definition) is 2. The van der Waals surface area contributed by atoms with Gasteiger partial charge >= 0.3 is 0 Å². The van der Waals surface area contributed by atoms with Crippen LogP contribution in [-0.4, -0.2) is 37.3 Å². The number of aryl methyl sites for hydroxylation is 2. The maximum Gasteiger partial charge on any atom is 0.257 e. The van der Waals surface area contributed by atoms with E-state index in [0.29, 0.717) is 21.5 Å². The van der Waals surface area contributed by atoms with Gasteiger partial charge in [0.05, 0.1) is 11.4 Å². The van der Waals surface area contributed by atoms with Gasteiger partial charge in [0.2, 0.25) is 5.91 Å². The predicted molar refractivity (Wildman–Crippen MR) is 132 cm³/mol. The van der Waals surface area contributed by atoms with Crippen molar-refractivity contribution >= 4 is 45.7 Å². The van der Waals surface area contributed by atoms with Crippen molar-refractivity contribution in [2.75, 3.05) is 16.4 Å². The maximum absolute atomic E-state index is 12.6. The first kappa shape index (κ1) is 22.7. The first-order valence-electron chi connectivity index (χ1n) is 10.2. The second-order valence-electron chi connectivity index (χ2n) is 7.18. The number of hydrogen-bond acceptors (Lipinski definition) is 7. The Morgan fingerprint density at radius 3 is 2.48 bits per heavy atom. The lowest BCUT2D eigenvalue weighted by Crippen LogP contribution is -2.15. The van der Waals surface area contributed by atoms with E-state index in [2.05, 4.69) is 44.9 Å². The minimum absolute atomic E-state index is 0.164. The van der Waals surface area contributed by atoms with Crippen molar-refractivity contribution in [1.82, 2.24) is 19.7 Å². The van der Waals surface area contributed by atoms with Crippen LogP contribution in [0.2, 0.25) is 0 Å². The van der Waals surface area contributed by atoms with Gasteiger partial charge in [-0.2, -0.15) is 0 Å². The molecular weight excluding hydrogens is 456 g/mol. The molecule has 2 aromatic heterocycles. The van der Waals surface area contributed by atoms with E-state index >= 15 is 0 Å². The molecule has 2 heterocycles. The molecule has 8 nitrogen and oxygen atoms in total. The zero-order valence-electron chi connectivity index (χ0n) is 18.1. The van der Waals surface area contributed by atoms with Crippen LogP contribution in [0.1, 0.15) is 22.8 Å². The highest BCUT2D eigenvalue weighted by Gasteiger charge is 2.11. The predicted octanol–water partition coefficient (Wildman–Crippen LogP) is 4.48. The van der Waals surface area contributed by atoms with E-state index in [4.69, 9.17) is 0 Å². The SMILES string of the molecule is CCc1ccc(-c2csc(NC(=O)c3ccc(NC(=O)CSc4nncn4C)cc3)n2)cc1. The maximum atomic E-state index is 12.6. The van der Waals surface area contributed by atoms with E-state index in [1.165, 1.54) is 28.7 Å². The van der Waals surface area contributed by atoms with Gasteiger partial charge in [-0.1, -0.05) is 43.0 Å². The van der Waals surface area contributed by atoms with Crippen LogP contribution < -0.4 is 10.6 Å². The van der Waals surface area contributed by atoms with Crippen molar-refractivity contribution in [2.45, 2.75) is 18.5 Å². The number of anilines is 2. The molecule has 0 spiro atoms. The third kappa shape index (κ3) is 5.85. The lowest BCUT2D eigenvalue weighted by molar-refractivity contribution is -0.113. The molecule has 0 saturated carbocycles. The van der Waals surface area contributed by atoms with Crippen LogP contribution in [0.4, 0.5) is 10.8 Å². The summed E-state index contributed by atoms with van der Waals surface area (Å²) >= 11 is 2.68. The van der Waals surface area contributed by atoms with Crippen LogP contribution in [0.25, 0.3) is 11.3 Å². The van der Waals surface area contributed by atoms with Crippen molar-refractivity contribution in [1.29, 1.82) is 0 Å². The van der Waals surface area contributed by atoms with Gasteiger partial charge in [0, 0.05) is 29.2 Å². The van der Waals surface area contributed by atoms with Crippen molar-refractivity contribution in [2.24, 2.45) is 7.05 Å². The summed E-state index contributed by atoms with van der Waals surface area (Å²) in [7, 11) is 1.82. The Bertz CT molecular complexity index is 1250. The second-order valence-corrected chi connectivity index (χ2v) is 8.98. The molecule has 4 aromatic rings. The molecule has 0 aliphatic heterocycles. The summed E-state index contributed by atoms with van der Waals surface area (Å²) in [5.41, 5.74) is 4.20. The number of carbonyl (C=O) groups is 2. The summed E-state index contributed by atoms with van der Waals surface area (Å²) in [4.78, 5) is 29.3. The van der Waals surface area contributed by atoms with Crippen LogP contribution in [-0.2, 0) is 18.3 Å². The van der Waals surface area contributed by atoms with Gasteiger partial charge in [0.25, 0.3) is 5.91 Å². The Morgan fingerprint density at radius 2 is 1.82 bits per heavy atom. The monoisotopic (exact) mass is 478 g/mol. The first-order chi connectivity index (χ1) is 16.0. The van der Waals surface area contributed by atoms with Gasteiger partial charge in [-0.3, -0.25) is 14.9 Å². The van der Waals surface area contributed by atoms with Gasteiger partial charge < -0.3 is 9.88 Å². The normalized spacial score (nSPS) is 10.7. The smallest absolute Gasteiger partial charge is 0.257 e. The Morgan fingerprint density at radius 1 is 1.06 bits per heavy atom. The van der Waals surface area contributed by atoms with Crippen molar-refractivity contribution in [3.63, 3.8) is 0 Å². The van der Waals surface area contributed by atoms with Crippen LogP contribution in [0.3, 0.4) is 0 Å². The molecule has 4 rings (SSSR count). The number of aromatic nitrogens is 4. The summed E-state index contributed by atoms with van der Waals surface area (Å²) in [5.74, 6) is -0.210. The number of nitrogens with zero attached hydrogens (tertiary/aromatic N) is 4. The molecule has 33 heavy (non-hydrogen) atoms. The van der Waals surface area contributed by atoms with E-state index in [0.717, 1.165) is 17.7 Å². The Hall–Kier alpha value is -3.50. The molecule has 0 fully saturated rings. The fourth-order valence-electron chi connectivity index (χ4n) is 2.98. The summed E-state index contributed by atoms with van der Waals surface area (Å²) < 4.78 is 1.75. The molecule has 0 radical (unpaired) electrons. The summed E-state index contributed by atoms with van der Waals surface area (Å²) in [5, 5.41) is 16.5. The molecule has 0 aliphatic rings. The number of nitrogens with one attached hydrogen (secondary N) is 2. The zero-order chi connectivity index (χ0) is 23.2. The van der Waals surface area contributed by atoms with E-state index in [1.807, 2.05) is 24.6 Å². The van der Waals surface area contributed by atoms with Crippen molar-refractivity contribution in [3.8, 4) is 11.3 Å². The van der Waals surface area contributed by atoms with E-state index in [1.54, 1.807) is 35.2 Å². The third-order valence-corrected chi connectivity index (χ3v) is 6.61. The van der Waals surface area contributed by atoms with Gasteiger partial charge in [-0.15, -0.1) is 21.5 Å². The van der Waals surface area contributed by atoms with Crippen molar-refractivity contribution < 1.29 is 9.59 Å². The molecule has 2 aromatic carbocycles. The fourth-order valence-corrected chi connectivity index (χ4v) is 4.38. The fraction of sp³-hybridized carbons (Fsp3) is 0.174. The highest BCUT2D eigenvalue weighted by atomic mass is 32.2. The Balaban J connectivity index is 1.31. The molecule has 2 amide bonds. The number of rotatable bonds is 8. The minimum Gasteiger partial charge on any atom is -0.325 e. The largest absolute Gasteiger partial charge is 0.325 e.